The number of aromatic nitrogens is 1. The van der Waals surface area contributed by atoms with Gasteiger partial charge in [-0.05, 0) is 26.3 Å². The second kappa shape index (κ2) is 9.47. The van der Waals surface area contributed by atoms with Crippen molar-refractivity contribution < 1.29 is 14.3 Å². The average Bonchev–Trinajstić information content (AvgIpc) is 3.01. The van der Waals surface area contributed by atoms with Crippen LogP contribution in [0.5, 0.6) is 0 Å². The molecule has 0 aliphatic carbocycles. The van der Waals surface area contributed by atoms with Gasteiger partial charge < -0.3 is 19.5 Å². The fraction of sp³-hybridized carbons (Fsp3) is 0.524. The van der Waals surface area contributed by atoms with Crippen LogP contribution >= 0.6 is 11.8 Å². The Labute approximate surface area is 170 Å². The molecule has 1 saturated heterocycles. The highest BCUT2D eigenvalue weighted by molar-refractivity contribution is 8.00. The Morgan fingerprint density at radius 1 is 1.21 bits per heavy atom. The maximum Gasteiger partial charge on any atom is 0.242 e. The normalized spacial score (nSPS) is 19.8. The molecule has 1 fully saturated rings. The number of hydrogen-bond donors (Lipinski definition) is 1. The van der Waals surface area contributed by atoms with E-state index in [4.69, 9.17) is 4.74 Å². The third-order valence-corrected chi connectivity index (χ3v) is 5.80. The monoisotopic (exact) mass is 403 g/mol. The first-order valence-electron chi connectivity index (χ1n) is 9.88. The Bertz CT molecular complexity index is 825. The third kappa shape index (κ3) is 5.08. The Hall–Kier alpha value is -1.99. The molecule has 0 bridgehead atoms. The van der Waals surface area contributed by atoms with E-state index in [1.54, 1.807) is 0 Å². The van der Waals surface area contributed by atoms with Crippen molar-refractivity contribution in [2.45, 2.75) is 50.8 Å². The van der Waals surface area contributed by atoms with Crippen molar-refractivity contribution in [3.63, 3.8) is 0 Å². The van der Waals surface area contributed by atoms with Crippen LogP contribution < -0.4 is 5.32 Å². The van der Waals surface area contributed by atoms with Gasteiger partial charge in [0.2, 0.25) is 11.8 Å². The summed E-state index contributed by atoms with van der Waals surface area (Å²) in [7, 11) is 0. The Balaban J connectivity index is 1.73. The number of hydrogen-bond acceptors (Lipinski definition) is 4. The van der Waals surface area contributed by atoms with Crippen LogP contribution in [0.1, 0.15) is 27.2 Å². The van der Waals surface area contributed by atoms with E-state index in [1.807, 2.05) is 60.7 Å². The summed E-state index contributed by atoms with van der Waals surface area (Å²) in [5, 5.41) is 3.98. The summed E-state index contributed by atoms with van der Waals surface area (Å²) in [6.45, 7) is 8.28. The maximum atomic E-state index is 12.9. The number of ether oxygens (including phenoxy) is 1. The highest BCUT2D eigenvalue weighted by atomic mass is 32.2. The van der Waals surface area contributed by atoms with Gasteiger partial charge in [0, 0.05) is 41.6 Å². The molecule has 2 amide bonds. The molecule has 0 saturated carbocycles. The molecule has 2 aromatic rings. The van der Waals surface area contributed by atoms with Crippen LogP contribution in [0.2, 0.25) is 0 Å². The van der Waals surface area contributed by atoms with Crippen molar-refractivity contribution in [1.29, 1.82) is 0 Å². The lowest BCUT2D eigenvalue weighted by Gasteiger charge is -2.35. The van der Waals surface area contributed by atoms with E-state index >= 15 is 0 Å². The summed E-state index contributed by atoms with van der Waals surface area (Å²) in [5.74, 6) is 0.511. The quantitative estimate of drug-likeness (QED) is 0.722. The molecule has 152 valence electrons. The van der Waals surface area contributed by atoms with E-state index in [0.717, 1.165) is 22.2 Å². The molecule has 0 spiro atoms. The van der Waals surface area contributed by atoms with Gasteiger partial charge >= 0.3 is 0 Å². The summed E-state index contributed by atoms with van der Waals surface area (Å²) in [6.07, 6.45) is 3.04. The molecular weight excluding hydrogens is 374 g/mol. The second-order valence-electron chi connectivity index (χ2n) is 7.33. The number of amides is 2. The molecule has 0 radical (unpaired) electrons. The molecule has 1 N–H and O–H groups in total. The molecule has 3 rings (SSSR count). The van der Waals surface area contributed by atoms with Gasteiger partial charge in [-0.1, -0.05) is 25.1 Å². The number of benzene rings is 1. The van der Waals surface area contributed by atoms with E-state index in [9.17, 15) is 9.59 Å². The zero-order valence-corrected chi connectivity index (χ0v) is 17.6. The highest BCUT2D eigenvalue weighted by Gasteiger charge is 2.26. The van der Waals surface area contributed by atoms with E-state index in [-0.39, 0.29) is 24.0 Å². The fourth-order valence-corrected chi connectivity index (χ4v) is 4.46. The molecule has 6 nitrogen and oxygen atoms in total. The van der Waals surface area contributed by atoms with Crippen molar-refractivity contribution in [2.24, 2.45) is 0 Å². The lowest BCUT2D eigenvalue weighted by atomic mass is 10.2. The summed E-state index contributed by atoms with van der Waals surface area (Å²) < 4.78 is 7.73. The maximum absolute atomic E-state index is 12.9. The van der Waals surface area contributed by atoms with Crippen LogP contribution in [0.3, 0.4) is 0 Å². The van der Waals surface area contributed by atoms with Gasteiger partial charge in [-0.3, -0.25) is 9.59 Å². The number of nitrogens with one attached hydrogen (secondary N) is 1. The van der Waals surface area contributed by atoms with Crippen molar-refractivity contribution in [3.8, 4) is 0 Å². The highest BCUT2D eigenvalue weighted by Crippen LogP contribution is 2.30. The van der Waals surface area contributed by atoms with Crippen molar-refractivity contribution >= 4 is 34.5 Å². The minimum atomic E-state index is 0.0380. The zero-order chi connectivity index (χ0) is 20.1. The van der Waals surface area contributed by atoms with Gasteiger partial charge in [0.15, 0.2) is 0 Å². The molecule has 7 heteroatoms. The standard InChI is InChI=1S/C21H29N3O3S/c1-4-9-22-20(25)14-28-19-12-23(18-8-6-5-7-17(18)19)13-21(26)24-10-15(2)27-16(3)11-24/h5-8,12,15-16H,4,9-11,13-14H2,1-3H3,(H,22,25)/t15-,16-/m1/s1. The number of carbonyl (C=O) groups is 2. The average molecular weight is 404 g/mol. The minimum Gasteiger partial charge on any atom is -0.372 e. The molecule has 1 aliphatic heterocycles. The number of carbonyl (C=O) groups excluding carboxylic acids is 2. The summed E-state index contributed by atoms with van der Waals surface area (Å²) in [5.41, 5.74) is 1.02. The Morgan fingerprint density at radius 3 is 2.64 bits per heavy atom. The first-order valence-corrected chi connectivity index (χ1v) is 10.9. The van der Waals surface area contributed by atoms with E-state index in [2.05, 4.69) is 5.32 Å². The molecule has 1 aliphatic rings. The zero-order valence-electron chi connectivity index (χ0n) is 16.8. The van der Waals surface area contributed by atoms with Gasteiger partial charge in [-0.2, -0.15) is 0 Å². The minimum absolute atomic E-state index is 0.0380. The van der Waals surface area contributed by atoms with Crippen LogP contribution in [0.4, 0.5) is 0 Å². The first-order chi connectivity index (χ1) is 13.5. The largest absolute Gasteiger partial charge is 0.372 e. The number of morpholine rings is 1. The smallest absolute Gasteiger partial charge is 0.242 e. The van der Waals surface area contributed by atoms with Gasteiger partial charge in [0.1, 0.15) is 6.54 Å². The lowest BCUT2D eigenvalue weighted by Crippen LogP contribution is -2.49. The summed E-state index contributed by atoms with van der Waals surface area (Å²) >= 11 is 1.51. The lowest BCUT2D eigenvalue weighted by molar-refractivity contribution is -0.143. The fourth-order valence-electron chi connectivity index (χ4n) is 3.54. The topological polar surface area (TPSA) is 63.6 Å². The van der Waals surface area contributed by atoms with Crippen LogP contribution in [-0.4, -0.2) is 58.9 Å². The van der Waals surface area contributed by atoms with Crippen LogP contribution in [-0.2, 0) is 20.9 Å². The van der Waals surface area contributed by atoms with Crippen molar-refractivity contribution in [2.75, 3.05) is 25.4 Å². The van der Waals surface area contributed by atoms with Gasteiger partial charge in [0.25, 0.3) is 0 Å². The molecular formula is C21H29N3O3S. The Morgan fingerprint density at radius 2 is 1.93 bits per heavy atom. The number of nitrogens with zero attached hydrogens (tertiary/aromatic N) is 2. The SMILES string of the molecule is CCCNC(=O)CSc1cn(CC(=O)N2C[C@@H](C)O[C@H](C)C2)c2ccccc12. The van der Waals surface area contributed by atoms with E-state index in [0.29, 0.717) is 31.9 Å². The van der Waals surface area contributed by atoms with E-state index < -0.39 is 0 Å². The van der Waals surface area contributed by atoms with E-state index in [1.165, 1.54) is 11.8 Å². The van der Waals surface area contributed by atoms with Crippen molar-refractivity contribution in [3.05, 3.63) is 30.5 Å². The number of fused-ring (bicyclic) bond motifs is 1. The predicted molar refractivity (Wildman–Crippen MR) is 113 cm³/mol. The number of thioether (sulfide) groups is 1. The molecule has 2 heterocycles. The second-order valence-corrected chi connectivity index (χ2v) is 8.35. The van der Waals surface area contributed by atoms with Crippen LogP contribution in [0, 0.1) is 0 Å². The third-order valence-electron chi connectivity index (χ3n) is 4.76. The predicted octanol–water partition coefficient (Wildman–Crippen LogP) is 2.90. The van der Waals surface area contributed by atoms with Crippen molar-refractivity contribution in [1.82, 2.24) is 14.8 Å². The van der Waals surface area contributed by atoms with Gasteiger partial charge in [-0.15, -0.1) is 11.8 Å². The number of rotatable bonds is 7. The molecule has 28 heavy (non-hydrogen) atoms. The molecule has 2 atom stereocenters. The number of para-hydroxylation sites is 1. The van der Waals surface area contributed by atoms with Gasteiger partial charge in [0.05, 0.1) is 18.0 Å². The first kappa shape index (κ1) is 20.7. The molecule has 1 aromatic carbocycles. The summed E-state index contributed by atoms with van der Waals surface area (Å²) in [4.78, 5) is 27.7. The molecule has 0 unspecified atom stereocenters. The molecule has 1 aromatic heterocycles. The van der Waals surface area contributed by atoms with Crippen LogP contribution in [0.15, 0.2) is 35.4 Å². The van der Waals surface area contributed by atoms with Crippen LogP contribution in [0.25, 0.3) is 10.9 Å². The Kier molecular flexibility index (Phi) is 7.02. The van der Waals surface area contributed by atoms with Gasteiger partial charge in [-0.25, -0.2) is 0 Å². The summed E-state index contributed by atoms with van der Waals surface area (Å²) in [6, 6.07) is 8.03.